The number of carbonyl (C=O) groups excluding carboxylic acids is 1. The van der Waals surface area contributed by atoms with E-state index in [4.69, 9.17) is 15.9 Å². The average molecular weight is 524 g/mol. The lowest BCUT2D eigenvalue weighted by atomic mass is 9.74. The van der Waals surface area contributed by atoms with Gasteiger partial charge in [-0.05, 0) is 51.5 Å². The van der Waals surface area contributed by atoms with Gasteiger partial charge in [0, 0.05) is 72.9 Å². The number of anilines is 2. The second-order valence-corrected chi connectivity index (χ2v) is 9.78. The first-order valence-electron chi connectivity index (χ1n) is 13.9. The highest BCUT2D eigenvalue weighted by atomic mass is 16.5. The summed E-state index contributed by atoms with van der Waals surface area (Å²) >= 11 is 0. The Bertz CT molecular complexity index is 1340. The van der Waals surface area contributed by atoms with Crippen LogP contribution >= 0.6 is 0 Å². The van der Waals surface area contributed by atoms with Crippen LogP contribution in [0.3, 0.4) is 0 Å². The maximum absolute atomic E-state index is 14.1. The van der Waals surface area contributed by atoms with Crippen molar-refractivity contribution in [3.63, 3.8) is 0 Å². The summed E-state index contributed by atoms with van der Waals surface area (Å²) in [6, 6.07) is 20.7. The molecule has 6 nitrogen and oxygen atoms in total. The van der Waals surface area contributed by atoms with E-state index in [9.17, 15) is 4.79 Å². The number of ether oxygens (including phenoxy) is 2. The predicted octanol–water partition coefficient (Wildman–Crippen LogP) is 5.88. The molecule has 2 aliphatic heterocycles. The molecule has 2 heterocycles. The summed E-state index contributed by atoms with van der Waals surface area (Å²) in [4.78, 5) is 20.6. The molecule has 0 saturated carbocycles. The maximum Gasteiger partial charge on any atom is 0.255 e. The van der Waals surface area contributed by atoms with Gasteiger partial charge in [0.1, 0.15) is 23.6 Å². The zero-order chi connectivity index (χ0) is 27.6. The minimum absolute atomic E-state index is 0.0191. The number of fused-ring (bicyclic) bond motifs is 6. The fraction of sp³-hybridized carbons (Fsp3) is 0.364. The van der Waals surface area contributed by atoms with Gasteiger partial charge >= 0.3 is 0 Å². The van der Waals surface area contributed by atoms with Crippen molar-refractivity contribution < 1.29 is 14.3 Å². The van der Waals surface area contributed by atoms with E-state index in [1.807, 2.05) is 23.1 Å². The SMILES string of the molecule is C#CCOCCN1C(=O)c2ccccc2C12c1ccc(N(CC)CC)cc1Oc1cc(N(CC)CC)ccc12. The molecule has 1 spiro atoms. The van der Waals surface area contributed by atoms with E-state index >= 15 is 0 Å². The van der Waals surface area contributed by atoms with Gasteiger partial charge in [-0.25, -0.2) is 0 Å². The molecule has 0 radical (unpaired) electrons. The van der Waals surface area contributed by atoms with Crippen LogP contribution in [0.15, 0.2) is 60.7 Å². The van der Waals surface area contributed by atoms with Gasteiger partial charge in [-0.3, -0.25) is 4.79 Å². The van der Waals surface area contributed by atoms with Gasteiger partial charge in [-0.15, -0.1) is 6.42 Å². The van der Waals surface area contributed by atoms with Crippen LogP contribution in [0, 0.1) is 12.3 Å². The molecule has 0 N–H and O–H groups in total. The molecular formula is C33H37N3O3. The van der Waals surface area contributed by atoms with Crippen LogP contribution in [0.4, 0.5) is 11.4 Å². The Labute approximate surface area is 232 Å². The number of amides is 1. The fourth-order valence-electron chi connectivity index (χ4n) is 6.19. The largest absolute Gasteiger partial charge is 0.456 e. The first-order valence-corrected chi connectivity index (χ1v) is 13.9. The Morgan fingerprint density at radius 1 is 0.846 bits per heavy atom. The van der Waals surface area contributed by atoms with E-state index in [0.29, 0.717) is 18.7 Å². The molecule has 1 amide bonds. The first-order chi connectivity index (χ1) is 19.0. The highest BCUT2D eigenvalue weighted by Crippen LogP contribution is 2.58. The summed E-state index contributed by atoms with van der Waals surface area (Å²) in [6.45, 7) is 13.1. The molecule has 202 valence electrons. The van der Waals surface area contributed by atoms with E-state index < -0.39 is 5.54 Å². The Hall–Kier alpha value is -3.95. The zero-order valence-corrected chi connectivity index (χ0v) is 23.4. The van der Waals surface area contributed by atoms with Gasteiger partial charge in [0.15, 0.2) is 0 Å². The Morgan fingerprint density at radius 3 is 1.95 bits per heavy atom. The third-order valence-electron chi connectivity index (χ3n) is 8.03. The predicted molar refractivity (Wildman–Crippen MR) is 157 cm³/mol. The minimum Gasteiger partial charge on any atom is -0.456 e. The molecule has 3 aromatic rings. The first kappa shape index (κ1) is 26.6. The topological polar surface area (TPSA) is 45.3 Å². The van der Waals surface area contributed by atoms with Gasteiger partial charge in [-0.1, -0.05) is 36.3 Å². The van der Waals surface area contributed by atoms with Crippen LogP contribution in [0.5, 0.6) is 11.5 Å². The summed E-state index contributed by atoms with van der Waals surface area (Å²) in [5, 5.41) is 0. The van der Waals surface area contributed by atoms with E-state index in [2.05, 4.69) is 85.9 Å². The molecule has 3 aromatic carbocycles. The van der Waals surface area contributed by atoms with Crippen molar-refractivity contribution in [2.45, 2.75) is 33.2 Å². The Morgan fingerprint density at radius 2 is 1.41 bits per heavy atom. The molecule has 0 aromatic heterocycles. The second-order valence-electron chi connectivity index (χ2n) is 9.78. The summed E-state index contributed by atoms with van der Waals surface area (Å²) in [5.74, 6) is 4.04. The standard InChI is InChI=1S/C33H37N3O3/c1-6-20-38-21-19-36-32(37)26-13-11-12-14-27(26)33(36)28-17-15-24(34(7-2)8-3)22-30(28)39-31-23-25(16-18-29(31)33)35(9-4)10-5/h1,11-18,22-23H,7-10,19-21H2,2-5H3. The van der Waals surface area contributed by atoms with Crippen molar-refractivity contribution in [3.8, 4) is 23.8 Å². The fourth-order valence-corrected chi connectivity index (χ4v) is 6.19. The maximum atomic E-state index is 14.1. The van der Waals surface area contributed by atoms with Crippen molar-refractivity contribution in [1.82, 2.24) is 4.90 Å². The number of nitrogens with zero attached hydrogens (tertiary/aromatic N) is 3. The molecule has 0 unspecified atom stereocenters. The monoisotopic (exact) mass is 523 g/mol. The van der Waals surface area contributed by atoms with Gasteiger partial charge < -0.3 is 24.2 Å². The minimum atomic E-state index is -0.848. The van der Waals surface area contributed by atoms with E-state index in [-0.39, 0.29) is 12.5 Å². The lowest BCUT2D eigenvalue weighted by molar-refractivity contribution is 0.0554. The van der Waals surface area contributed by atoms with E-state index in [0.717, 1.165) is 65.7 Å². The quantitative estimate of drug-likeness (QED) is 0.245. The zero-order valence-electron chi connectivity index (χ0n) is 23.4. The third-order valence-corrected chi connectivity index (χ3v) is 8.03. The number of carbonyl (C=O) groups is 1. The van der Waals surface area contributed by atoms with Crippen LogP contribution in [0.2, 0.25) is 0 Å². The van der Waals surface area contributed by atoms with Crippen molar-refractivity contribution in [2.24, 2.45) is 0 Å². The van der Waals surface area contributed by atoms with Crippen molar-refractivity contribution in [3.05, 3.63) is 82.9 Å². The lowest BCUT2D eigenvalue weighted by Crippen LogP contribution is -2.48. The number of hydrogen-bond acceptors (Lipinski definition) is 5. The summed E-state index contributed by atoms with van der Waals surface area (Å²) in [7, 11) is 0. The number of terminal acetylenes is 1. The lowest BCUT2D eigenvalue weighted by Gasteiger charge is -2.44. The smallest absolute Gasteiger partial charge is 0.255 e. The van der Waals surface area contributed by atoms with E-state index in [1.54, 1.807) is 0 Å². The molecule has 0 atom stereocenters. The van der Waals surface area contributed by atoms with Crippen molar-refractivity contribution in [2.75, 3.05) is 55.7 Å². The Kier molecular flexibility index (Phi) is 7.54. The van der Waals surface area contributed by atoms with E-state index in [1.165, 1.54) is 0 Å². The molecule has 6 heteroatoms. The van der Waals surface area contributed by atoms with Crippen LogP contribution in [0.1, 0.15) is 54.7 Å². The molecule has 2 aliphatic rings. The average Bonchev–Trinajstić information content (AvgIpc) is 3.20. The van der Waals surface area contributed by atoms with Crippen LogP contribution in [-0.2, 0) is 10.3 Å². The number of benzene rings is 3. The van der Waals surface area contributed by atoms with Crippen LogP contribution in [-0.4, -0.2) is 56.7 Å². The highest BCUT2D eigenvalue weighted by molar-refractivity contribution is 6.02. The highest BCUT2D eigenvalue weighted by Gasteiger charge is 2.56. The summed E-state index contributed by atoms with van der Waals surface area (Å²) in [5.41, 5.74) is 4.92. The molecule has 0 saturated heterocycles. The normalized spacial score (nSPS) is 14.3. The molecule has 5 rings (SSSR count). The van der Waals surface area contributed by atoms with Gasteiger partial charge in [0.25, 0.3) is 5.91 Å². The summed E-state index contributed by atoms with van der Waals surface area (Å²) in [6.07, 6.45) is 5.42. The van der Waals surface area contributed by atoms with Crippen molar-refractivity contribution in [1.29, 1.82) is 0 Å². The van der Waals surface area contributed by atoms with Crippen LogP contribution < -0.4 is 14.5 Å². The third kappa shape index (κ3) is 4.22. The number of rotatable bonds is 10. The summed E-state index contributed by atoms with van der Waals surface area (Å²) < 4.78 is 12.4. The molecule has 0 aliphatic carbocycles. The molecular weight excluding hydrogens is 486 g/mol. The number of hydrogen-bond donors (Lipinski definition) is 0. The van der Waals surface area contributed by atoms with Gasteiger partial charge in [0.2, 0.25) is 0 Å². The Balaban J connectivity index is 1.77. The van der Waals surface area contributed by atoms with Gasteiger partial charge in [0.05, 0.1) is 6.61 Å². The second kappa shape index (κ2) is 11.0. The molecule has 0 fully saturated rings. The molecule has 39 heavy (non-hydrogen) atoms. The van der Waals surface area contributed by atoms with Crippen molar-refractivity contribution >= 4 is 17.3 Å². The molecule has 0 bridgehead atoms. The van der Waals surface area contributed by atoms with Crippen LogP contribution in [0.25, 0.3) is 0 Å². The van der Waals surface area contributed by atoms with Gasteiger partial charge in [-0.2, -0.15) is 0 Å².